The summed E-state index contributed by atoms with van der Waals surface area (Å²) in [6.07, 6.45) is 75.1. The standard InChI is InChI=1S/C78H142O8/c1-7-12-16-20-24-28-32-36-40-44-48-52-56-60-64-83-75(79)71(6)68-73(77(81)85-66-62-58-54-50-46-42-38-34-30-26-22-18-14-9-3)70-74(78(82)86-67-63-59-55-51-47-43-39-35-31-27-23-19-15-10-4)69-72(11-5)76(80)84-65-61-57-53-49-45-41-37-33-29-25-21-17-13-8-2/h11,68-70H,7-10,12-67H2,1-6H3/b71-68+,72-11+,73-70+,74-69+. The Hall–Kier alpha value is -3.16. The minimum atomic E-state index is -0.650. The largest absolute Gasteiger partial charge is 0.462 e. The molecule has 8 heteroatoms. The van der Waals surface area contributed by atoms with E-state index in [1.807, 2.05) is 0 Å². The van der Waals surface area contributed by atoms with E-state index in [0.717, 1.165) is 77.0 Å². The minimum Gasteiger partial charge on any atom is -0.462 e. The molecule has 86 heavy (non-hydrogen) atoms. The van der Waals surface area contributed by atoms with Crippen molar-refractivity contribution < 1.29 is 38.1 Å². The van der Waals surface area contributed by atoms with Crippen LogP contribution in [-0.4, -0.2) is 50.3 Å². The summed E-state index contributed by atoms with van der Waals surface area (Å²) in [5.74, 6) is -2.35. The molecule has 0 atom stereocenters. The van der Waals surface area contributed by atoms with Gasteiger partial charge in [0.25, 0.3) is 0 Å². The van der Waals surface area contributed by atoms with Crippen molar-refractivity contribution in [2.24, 2.45) is 0 Å². The van der Waals surface area contributed by atoms with Crippen LogP contribution in [0.25, 0.3) is 0 Å². The summed E-state index contributed by atoms with van der Waals surface area (Å²) in [6, 6.07) is 0. The van der Waals surface area contributed by atoms with Gasteiger partial charge < -0.3 is 18.9 Å². The molecule has 0 fully saturated rings. The van der Waals surface area contributed by atoms with Crippen molar-refractivity contribution >= 4 is 23.9 Å². The van der Waals surface area contributed by atoms with Gasteiger partial charge in [0.1, 0.15) is 0 Å². The average molecular weight is 1210 g/mol. The predicted molar refractivity (Wildman–Crippen MR) is 369 cm³/mol. The van der Waals surface area contributed by atoms with Crippen molar-refractivity contribution in [3.05, 3.63) is 46.6 Å². The number of ether oxygens (including phenoxy) is 4. The van der Waals surface area contributed by atoms with Crippen LogP contribution < -0.4 is 0 Å². The molecule has 0 aliphatic heterocycles. The third-order valence-corrected chi connectivity index (χ3v) is 17.3. The Morgan fingerprint density at radius 3 is 0.593 bits per heavy atom. The molecule has 0 rings (SSSR count). The van der Waals surface area contributed by atoms with Gasteiger partial charge in [-0.05, 0) is 57.8 Å². The van der Waals surface area contributed by atoms with E-state index in [2.05, 4.69) is 27.7 Å². The van der Waals surface area contributed by atoms with Crippen LogP contribution in [0.1, 0.15) is 401 Å². The van der Waals surface area contributed by atoms with E-state index in [1.54, 1.807) is 19.9 Å². The first-order valence-corrected chi connectivity index (χ1v) is 37.7. The second kappa shape index (κ2) is 67.8. The molecule has 502 valence electrons. The number of allylic oxidation sites excluding steroid dienone is 1. The first-order chi connectivity index (χ1) is 42.2. The fourth-order valence-corrected chi connectivity index (χ4v) is 11.4. The molecule has 0 unspecified atom stereocenters. The first-order valence-electron chi connectivity index (χ1n) is 37.7. The van der Waals surface area contributed by atoms with Gasteiger partial charge in [-0.15, -0.1) is 0 Å². The molecule has 0 saturated heterocycles. The van der Waals surface area contributed by atoms with Crippen LogP contribution >= 0.6 is 0 Å². The molecule has 0 saturated carbocycles. The van der Waals surface area contributed by atoms with Crippen molar-refractivity contribution in [2.75, 3.05) is 26.4 Å². The molecule has 0 aliphatic carbocycles. The van der Waals surface area contributed by atoms with E-state index < -0.39 is 23.9 Å². The van der Waals surface area contributed by atoms with Crippen LogP contribution in [0.2, 0.25) is 0 Å². The van der Waals surface area contributed by atoms with Gasteiger partial charge >= 0.3 is 23.9 Å². The van der Waals surface area contributed by atoms with Crippen molar-refractivity contribution in [3.8, 4) is 0 Å². The lowest BCUT2D eigenvalue weighted by Crippen LogP contribution is -2.15. The second-order valence-electron chi connectivity index (χ2n) is 25.7. The molecule has 8 nitrogen and oxygen atoms in total. The summed E-state index contributed by atoms with van der Waals surface area (Å²) in [7, 11) is 0. The van der Waals surface area contributed by atoms with Gasteiger partial charge in [-0.3, -0.25) is 0 Å². The van der Waals surface area contributed by atoms with Crippen molar-refractivity contribution in [3.63, 3.8) is 0 Å². The third kappa shape index (κ3) is 57.3. The van der Waals surface area contributed by atoms with Crippen LogP contribution in [0, 0.1) is 0 Å². The molecule has 0 bridgehead atoms. The zero-order valence-corrected chi connectivity index (χ0v) is 58.0. The highest BCUT2D eigenvalue weighted by Gasteiger charge is 2.20. The molecule has 0 N–H and O–H groups in total. The number of carbonyl (C=O) groups is 4. The molecular weight excluding hydrogens is 1060 g/mol. The van der Waals surface area contributed by atoms with E-state index >= 15 is 0 Å². The van der Waals surface area contributed by atoms with Crippen LogP contribution in [0.5, 0.6) is 0 Å². The van der Waals surface area contributed by atoms with Gasteiger partial charge in [-0.25, -0.2) is 19.2 Å². The smallest absolute Gasteiger partial charge is 0.338 e. The van der Waals surface area contributed by atoms with E-state index in [4.69, 9.17) is 18.9 Å². The number of unbranched alkanes of at least 4 members (excludes halogenated alkanes) is 52. The van der Waals surface area contributed by atoms with Crippen LogP contribution in [0.3, 0.4) is 0 Å². The topological polar surface area (TPSA) is 105 Å². The van der Waals surface area contributed by atoms with Gasteiger partial charge in [-0.2, -0.15) is 0 Å². The predicted octanol–water partition coefficient (Wildman–Crippen LogP) is 24.8. The molecule has 0 heterocycles. The highest BCUT2D eigenvalue weighted by atomic mass is 16.5. The Morgan fingerprint density at radius 1 is 0.221 bits per heavy atom. The maximum absolute atomic E-state index is 14.1. The molecule has 0 aromatic carbocycles. The van der Waals surface area contributed by atoms with E-state index in [0.29, 0.717) is 6.61 Å². The summed E-state index contributed by atoms with van der Waals surface area (Å²) in [4.78, 5) is 55.3. The molecule has 0 spiro atoms. The number of hydrogen-bond donors (Lipinski definition) is 0. The van der Waals surface area contributed by atoms with Crippen LogP contribution in [0.4, 0.5) is 0 Å². The quantitative estimate of drug-likeness (QED) is 0.0195. The molecule has 0 amide bonds. The van der Waals surface area contributed by atoms with E-state index in [9.17, 15) is 19.2 Å². The van der Waals surface area contributed by atoms with Crippen LogP contribution in [0.15, 0.2) is 46.6 Å². The van der Waals surface area contributed by atoms with Gasteiger partial charge in [0, 0.05) is 5.57 Å². The van der Waals surface area contributed by atoms with Gasteiger partial charge in [0.05, 0.1) is 43.1 Å². The normalized spacial score (nSPS) is 12.3. The third-order valence-electron chi connectivity index (χ3n) is 17.3. The maximum Gasteiger partial charge on any atom is 0.338 e. The maximum atomic E-state index is 14.1. The van der Waals surface area contributed by atoms with E-state index in [-0.39, 0.29) is 42.1 Å². The van der Waals surface area contributed by atoms with Crippen molar-refractivity contribution in [1.29, 1.82) is 0 Å². The van der Waals surface area contributed by atoms with E-state index in [1.165, 1.54) is 301 Å². The van der Waals surface area contributed by atoms with Crippen molar-refractivity contribution in [1.82, 2.24) is 0 Å². The number of rotatable bonds is 67. The molecule has 0 radical (unpaired) electrons. The Kier molecular flexibility index (Phi) is 65.3. The Labute approximate surface area is 533 Å². The fraction of sp³-hybridized carbons (Fsp3) is 0.846. The highest BCUT2D eigenvalue weighted by Crippen LogP contribution is 2.21. The van der Waals surface area contributed by atoms with Gasteiger partial charge in [0.15, 0.2) is 0 Å². The minimum absolute atomic E-state index is 0.0141. The monoisotopic (exact) mass is 1210 g/mol. The second-order valence-corrected chi connectivity index (χ2v) is 25.7. The summed E-state index contributed by atoms with van der Waals surface area (Å²) in [6.45, 7) is 13.5. The average Bonchev–Trinajstić information content (AvgIpc) is 3.40. The SMILES string of the molecule is C\C=C(/C=C(\C=C(/C=C(\C)C(=O)OCCCCCCCCCCCCCCCC)C(=O)OCCCCCCCCCCCCCCCC)C(=O)OCCCCCCCCCCCCCCCC)C(=O)OCCCCCCCCCCCCCCCC. The summed E-state index contributed by atoms with van der Waals surface area (Å²) >= 11 is 0. The van der Waals surface area contributed by atoms with Crippen molar-refractivity contribution in [2.45, 2.75) is 401 Å². The number of carbonyl (C=O) groups excluding carboxylic acids is 4. The molecular formula is C78H142O8. The highest BCUT2D eigenvalue weighted by molar-refractivity contribution is 6.02. The lowest BCUT2D eigenvalue weighted by molar-refractivity contribution is -0.140. The fourth-order valence-electron chi connectivity index (χ4n) is 11.4. The van der Waals surface area contributed by atoms with Gasteiger partial charge in [-0.1, -0.05) is 368 Å². The summed E-state index contributed by atoms with van der Waals surface area (Å²) < 4.78 is 23.3. The summed E-state index contributed by atoms with van der Waals surface area (Å²) in [5, 5.41) is 0. The Balaban J connectivity index is 5.90. The lowest BCUT2D eigenvalue weighted by atomic mass is 10.0. The molecule has 0 aliphatic rings. The van der Waals surface area contributed by atoms with Crippen LogP contribution in [-0.2, 0) is 38.1 Å². The Morgan fingerprint density at radius 2 is 0.384 bits per heavy atom. The molecule has 0 aromatic rings. The molecule has 0 aromatic heterocycles. The Bertz CT molecular complexity index is 1660. The number of hydrogen-bond acceptors (Lipinski definition) is 8. The first kappa shape index (κ1) is 82.8. The lowest BCUT2D eigenvalue weighted by Gasteiger charge is -2.11. The summed E-state index contributed by atoms with van der Waals surface area (Å²) in [5.41, 5.74) is 0.454. The zero-order valence-electron chi connectivity index (χ0n) is 58.0. The zero-order chi connectivity index (χ0) is 62.7. The van der Waals surface area contributed by atoms with Gasteiger partial charge in [0.2, 0.25) is 0 Å². The number of esters is 4.